The zero-order chi connectivity index (χ0) is 93.7. The maximum Gasteiger partial charge on any atom is 0.410 e. The summed E-state index contributed by atoms with van der Waals surface area (Å²) in [4.78, 5) is 175. The number of piperidine rings is 4. The SMILES string of the molecule is C=CC(=O)N1CCC2(CC1)/C(=C\c1ccc([N+](=O)[O-])cc1)C(=O)/C2=C/c1ccc([N+](=O)[O-])cc1.CC(C)(C)OC(=O)N1CCC2(CC1)/C(=C\c1ccc([N+](=O)[O-])cc1)C(=O)/C2=C/c1ccc([N+](=O)[O-])cc1.CC(C)(C)OC(=O)N1CCC2(CC1)CC(=O)C2.Cl.O=C1/C(=C/c2ccc([N+](=O)[O-])cc2)C2(CCNCC2)/C1=C\c1ccc([N+](=O)[O-])cc1.O=Cc1ccc([N+](=O)[O-])cc1. The smallest absolute Gasteiger partial charge is 0.410 e. The highest BCUT2D eigenvalue weighted by molar-refractivity contribution is 6.25. The predicted octanol–water partition coefficient (Wildman–Crippen LogP) is 18.0. The molecule has 4 aliphatic carbocycles. The van der Waals surface area contributed by atoms with Crippen LogP contribution in [0.2, 0.25) is 0 Å². The number of nitro benzene ring substituents is 7. The fourth-order valence-corrected chi connectivity index (χ4v) is 16.8. The lowest BCUT2D eigenvalue weighted by Gasteiger charge is -2.50. The standard InChI is InChI=1S/C27H27N3O7.C25H21N3O6.C22H19N3O5.C13H21NO3.C7H5NO3.ClH/c1-26(2,3)37-25(32)28-14-12-27(13-15-28)22(16-18-4-8-20(9-5-18)29(33)34)24(31)23(27)17-19-6-10-21(11-7-19)30(35)36;1-2-23(29)26-13-11-25(12-14-26)21(15-17-3-7-19(8-4-17)27(31)32)24(30)22(25)16-18-5-9-20(10-6-18)28(33)34;26-21-19(13-15-1-5-17(6-2-15)24(27)28)22(9-11-23-12-10-22)20(21)14-16-3-7-18(8-4-16)25(29)30;1-12(2,3)17-11(16)14-6-4-13(5-7-14)8-10(15)9-13;9-5-6-1-3-7(4-2-6)8(10)11;/h4-11,16-17H,12-15H2,1-3H3;2-10,15-16H,1,11-14H2;1-8,13-14,23H,9-12H2;4-9H2,1-3H3;1-5H;1H/b22-16-,23-17-;21-15-,22-16-;19-13-,20-14-;;;. The van der Waals surface area contributed by atoms with E-state index in [1.54, 1.807) is 133 Å². The number of halogens is 1. The number of non-ortho nitro benzene ring substituents is 7. The van der Waals surface area contributed by atoms with Gasteiger partial charge in [0.05, 0.1) is 34.5 Å². The maximum atomic E-state index is 13.3. The van der Waals surface area contributed by atoms with Crippen molar-refractivity contribution in [2.75, 3.05) is 52.4 Å². The van der Waals surface area contributed by atoms with E-state index in [0.29, 0.717) is 125 Å². The van der Waals surface area contributed by atoms with E-state index in [-0.39, 0.29) is 92.4 Å². The minimum atomic E-state index is -0.624. The highest BCUT2D eigenvalue weighted by Gasteiger charge is 2.57. The molecule has 7 aromatic rings. The van der Waals surface area contributed by atoms with Crippen molar-refractivity contribution in [1.29, 1.82) is 0 Å². The summed E-state index contributed by atoms with van der Waals surface area (Å²) < 4.78 is 10.8. The molecule has 7 aromatic carbocycles. The molecule has 130 heavy (non-hydrogen) atoms. The van der Waals surface area contributed by atoms with Gasteiger partial charge in [0.2, 0.25) is 5.91 Å². The Balaban J connectivity index is 0.000000177. The number of hydrogen-bond acceptors (Lipinski definition) is 25. The van der Waals surface area contributed by atoms with E-state index in [0.717, 1.165) is 75.8 Å². The predicted molar refractivity (Wildman–Crippen MR) is 483 cm³/mol. The zero-order valence-electron chi connectivity index (χ0n) is 71.9. The van der Waals surface area contributed by atoms with Crippen LogP contribution in [0.1, 0.15) is 149 Å². The molecule has 1 N–H and O–H groups in total. The van der Waals surface area contributed by atoms with Gasteiger partial charge in [-0.1, -0.05) is 6.58 Å². The Kier molecular flexibility index (Phi) is 30.6. The molecule has 0 atom stereocenters. The van der Waals surface area contributed by atoms with Crippen molar-refractivity contribution in [3.63, 3.8) is 0 Å². The van der Waals surface area contributed by atoms with Crippen molar-refractivity contribution in [2.24, 2.45) is 21.7 Å². The third-order valence-corrected chi connectivity index (χ3v) is 23.7. The van der Waals surface area contributed by atoms with Crippen LogP contribution in [0.15, 0.2) is 216 Å². The van der Waals surface area contributed by atoms with Crippen LogP contribution in [0.25, 0.3) is 36.5 Å². The van der Waals surface area contributed by atoms with Gasteiger partial charge < -0.3 is 29.5 Å². The summed E-state index contributed by atoms with van der Waals surface area (Å²) in [5.74, 6) is -0.130. The lowest BCUT2D eigenvalue weighted by atomic mass is 9.54. The van der Waals surface area contributed by atoms with E-state index in [4.69, 9.17) is 9.47 Å². The van der Waals surface area contributed by atoms with Crippen LogP contribution < -0.4 is 5.32 Å². The first-order valence-electron chi connectivity index (χ1n) is 41.3. The summed E-state index contributed by atoms with van der Waals surface area (Å²) in [6.07, 6.45) is 18.9. The number of allylic oxidation sites excluding steroid dienone is 6. The van der Waals surface area contributed by atoms with E-state index >= 15 is 0 Å². The molecule has 0 radical (unpaired) electrons. The molecule has 8 aliphatic rings. The van der Waals surface area contributed by atoms with Gasteiger partial charge in [0, 0.05) is 192 Å². The van der Waals surface area contributed by atoms with Crippen LogP contribution >= 0.6 is 12.4 Å². The Morgan fingerprint density at radius 1 is 0.346 bits per heavy atom. The Morgan fingerprint density at radius 2 is 0.554 bits per heavy atom. The van der Waals surface area contributed by atoms with Crippen molar-refractivity contribution in [3.8, 4) is 0 Å². The summed E-state index contributed by atoms with van der Waals surface area (Å²) >= 11 is 0. The average Bonchev–Trinajstić information content (AvgIpc) is 0.720. The minimum Gasteiger partial charge on any atom is -0.444 e. The van der Waals surface area contributed by atoms with Crippen molar-refractivity contribution >= 4 is 136 Å². The van der Waals surface area contributed by atoms with Crippen LogP contribution in [-0.4, -0.2) is 160 Å². The van der Waals surface area contributed by atoms with Crippen molar-refractivity contribution in [3.05, 3.63) is 326 Å². The van der Waals surface area contributed by atoms with Crippen LogP contribution in [0.4, 0.5) is 49.4 Å². The van der Waals surface area contributed by atoms with Gasteiger partial charge in [-0.3, -0.25) is 99.6 Å². The number of nitro groups is 7. The van der Waals surface area contributed by atoms with Gasteiger partial charge in [0.15, 0.2) is 17.3 Å². The molecule has 4 spiro atoms. The zero-order valence-corrected chi connectivity index (χ0v) is 72.7. The van der Waals surface area contributed by atoms with Crippen LogP contribution in [0, 0.1) is 92.5 Å². The molecule has 35 nitrogen and oxygen atoms in total. The van der Waals surface area contributed by atoms with Crippen molar-refractivity contribution in [1.82, 2.24) is 20.0 Å². The molecule has 8 fully saturated rings. The Morgan fingerprint density at radius 3 is 0.754 bits per heavy atom. The fourth-order valence-electron chi connectivity index (χ4n) is 16.8. The van der Waals surface area contributed by atoms with Gasteiger partial charge in [0.25, 0.3) is 39.8 Å². The third-order valence-electron chi connectivity index (χ3n) is 23.7. The third kappa shape index (κ3) is 22.9. The normalized spacial score (nSPS) is 19.0. The summed E-state index contributed by atoms with van der Waals surface area (Å²) in [5.41, 5.74) is 5.86. The van der Waals surface area contributed by atoms with Gasteiger partial charge in [-0.2, -0.15) is 0 Å². The first-order valence-corrected chi connectivity index (χ1v) is 41.3. The molecular formula is C94H94ClN11O24. The first-order chi connectivity index (χ1) is 61.1. The number of nitrogens with zero attached hydrogens (tertiary/aromatic N) is 10. The summed E-state index contributed by atoms with van der Waals surface area (Å²) in [6.45, 7) is 19.3. The number of benzene rings is 7. The Labute approximate surface area is 751 Å². The lowest BCUT2D eigenvalue weighted by Crippen LogP contribution is -2.53. The number of hydrogen-bond donors (Lipinski definition) is 1. The Hall–Kier alpha value is -14.9. The van der Waals surface area contributed by atoms with Gasteiger partial charge in [-0.15, -0.1) is 12.4 Å². The van der Waals surface area contributed by atoms with Gasteiger partial charge in [0.1, 0.15) is 23.3 Å². The molecule has 0 unspecified atom stereocenters. The van der Waals surface area contributed by atoms with E-state index < -0.39 is 62.6 Å². The molecular weight excluding hydrogens is 1700 g/mol. The number of ether oxygens (including phenoxy) is 2. The molecule has 4 saturated heterocycles. The average molecular weight is 1800 g/mol. The Bertz CT molecular complexity index is 5550. The second-order valence-corrected chi connectivity index (χ2v) is 34.2. The molecule has 4 heterocycles. The van der Waals surface area contributed by atoms with E-state index in [1.165, 1.54) is 103 Å². The number of Topliss-reactive ketones (excluding diaryl/α,β-unsaturated/α-hetero) is 4. The van der Waals surface area contributed by atoms with Gasteiger partial charge in [-0.25, -0.2) is 9.59 Å². The van der Waals surface area contributed by atoms with E-state index in [9.17, 15) is 109 Å². The number of aldehydes is 1. The monoisotopic (exact) mass is 1800 g/mol. The maximum absolute atomic E-state index is 13.3. The highest BCUT2D eigenvalue weighted by Crippen LogP contribution is 2.59. The second kappa shape index (κ2) is 40.8. The number of likely N-dealkylation sites (tertiary alicyclic amines) is 3. The summed E-state index contributed by atoms with van der Waals surface area (Å²) in [5, 5.41) is 79.0. The lowest BCUT2D eigenvalue weighted by molar-refractivity contribution is -0.385. The van der Waals surface area contributed by atoms with Gasteiger partial charge in [-0.05, 0) is 272 Å². The van der Waals surface area contributed by atoms with Crippen LogP contribution in [0.5, 0.6) is 0 Å². The van der Waals surface area contributed by atoms with Crippen LogP contribution in [0.3, 0.4) is 0 Å². The molecule has 36 heteroatoms. The largest absolute Gasteiger partial charge is 0.444 e. The van der Waals surface area contributed by atoms with E-state index in [2.05, 4.69) is 11.9 Å². The molecule has 15 rings (SSSR count). The fraction of sp³-hybridized carbons (Fsp3) is 0.319. The number of nitrogens with one attached hydrogen (secondary N) is 1. The quantitative estimate of drug-likeness (QED) is 0.0431. The summed E-state index contributed by atoms with van der Waals surface area (Å²) in [6, 6.07) is 41.6. The van der Waals surface area contributed by atoms with Crippen molar-refractivity contribution in [2.45, 2.75) is 117 Å². The molecule has 0 bridgehead atoms. The second-order valence-electron chi connectivity index (χ2n) is 34.2. The van der Waals surface area contributed by atoms with Crippen molar-refractivity contribution < 1.29 is 82.3 Å². The molecule has 3 amide bonds. The topological polar surface area (TPSA) is 479 Å². The first kappa shape index (κ1) is 97.3. The van der Waals surface area contributed by atoms with Gasteiger partial charge >= 0.3 is 12.2 Å². The minimum absolute atomic E-state index is 0. The molecule has 4 saturated carbocycles. The van der Waals surface area contributed by atoms with Crippen LogP contribution in [-0.2, 0) is 33.4 Å². The molecule has 4 aliphatic heterocycles. The molecule has 0 aromatic heterocycles. The number of amides is 3. The number of carbonyl (C=O) groups is 8. The number of rotatable bonds is 15. The number of carbonyl (C=O) groups excluding carboxylic acids is 8. The summed E-state index contributed by atoms with van der Waals surface area (Å²) in [7, 11) is 0. The highest BCUT2D eigenvalue weighted by atomic mass is 35.5. The number of ketones is 4. The molecule has 676 valence electrons. The van der Waals surface area contributed by atoms with E-state index in [1.807, 2.05) is 32.9 Å².